The number of benzene rings is 4. The van der Waals surface area contributed by atoms with Crippen molar-refractivity contribution in [3.05, 3.63) is 96.0 Å². The van der Waals surface area contributed by atoms with Crippen LogP contribution in [0.25, 0.3) is 11.0 Å². The summed E-state index contributed by atoms with van der Waals surface area (Å²) in [5.41, 5.74) is 6.81. The summed E-state index contributed by atoms with van der Waals surface area (Å²) < 4.78 is 56.2. The molecule has 14 nitrogen and oxygen atoms in total. The minimum Gasteiger partial charge on any atom is -0.318 e. The van der Waals surface area contributed by atoms with Crippen molar-refractivity contribution in [1.82, 2.24) is 20.8 Å². The minimum absolute atomic E-state index is 0.00270. The smallest absolute Gasteiger partial charge is 0.318 e. The van der Waals surface area contributed by atoms with E-state index in [2.05, 4.69) is 41.0 Å². The van der Waals surface area contributed by atoms with E-state index < -0.39 is 31.9 Å². The van der Waals surface area contributed by atoms with Gasteiger partial charge in [-0.25, -0.2) is 16.8 Å². The molecule has 4 aromatic carbocycles. The van der Waals surface area contributed by atoms with Gasteiger partial charge in [-0.2, -0.15) is 0 Å². The molecular weight excluding hydrogens is 620 g/mol. The Morgan fingerprint density at radius 2 is 1.35 bits per heavy atom. The van der Waals surface area contributed by atoms with E-state index in [4.69, 9.17) is 11.6 Å². The molecule has 0 bridgehead atoms. The molecule has 1 aromatic heterocycles. The Bertz CT molecular complexity index is 2040. The Labute approximate surface area is 249 Å². The Kier molecular flexibility index (Phi) is 8.16. The van der Waals surface area contributed by atoms with Gasteiger partial charge in [-0.05, 0) is 72.8 Å². The summed E-state index contributed by atoms with van der Waals surface area (Å²) in [6.07, 6.45) is 0. The third kappa shape index (κ3) is 7.00. The number of nitrogens with one attached hydrogen (secondary N) is 6. The average molecular weight is 641 g/mol. The lowest BCUT2D eigenvalue weighted by atomic mass is 10.2. The van der Waals surface area contributed by atoms with E-state index in [1.165, 1.54) is 48.5 Å². The van der Waals surface area contributed by atoms with Crippen LogP contribution in [0.15, 0.2) is 101 Å². The molecule has 0 radical (unpaired) electrons. The number of carbonyl (C=O) groups excluding carboxylic acids is 2. The molecule has 0 fully saturated rings. The summed E-state index contributed by atoms with van der Waals surface area (Å²) >= 11 is 6.14. The van der Waals surface area contributed by atoms with Crippen LogP contribution < -0.4 is 25.6 Å². The van der Waals surface area contributed by atoms with Gasteiger partial charge in [-0.1, -0.05) is 35.0 Å². The van der Waals surface area contributed by atoms with Crippen molar-refractivity contribution in [3.63, 3.8) is 0 Å². The van der Waals surface area contributed by atoms with Crippen LogP contribution in [0.3, 0.4) is 0 Å². The highest BCUT2D eigenvalue weighted by Gasteiger charge is 2.21. The molecule has 43 heavy (non-hydrogen) atoms. The van der Waals surface area contributed by atoms with Crippen molar-refractivity contribution in [3.8, 4) is 0 Å². The van der Waals surface area contributed by atoms with E-state index in [1.807, 2.05) is 0 Å². The van der Waals surface area contributed by atoms with Crippen LogP contribution in [-0.2, 0) is 29.6 Å². The molecule has 17 heteroatoms. The van der Waals surface area contributed by atoms with Gasteiger partial charge in [0.2, 0.25) is 0 Å². The van der Waals surface area contributed by atoms with E-state index in [0.717, 1.165) is 6.07 Å². The first-order chi connectivity index (χ1) is 20.5. The molecule has 0 saturated heterocycles. The molecule has 220 valence electrons. The van der Waals surface area contributed by atoms with Gasteiger partial charge in [0.25, 0.3) is 20.0 Å². The molecule has 0 spiro atoms. The highest BCUT2D eigenvalue weighted by molar-refractivity contribution is 7.93. The van der Waals surface area contributed by atoms with Crippen LogP contribution in [0.2, 0.25) is 5.02 Å². The molecule has 0 aliphatic rings. The van der Waals surface area contributed by atoms with Crippen LogP contribution in [0.4, 0.5) is 22.7 Å². The number of carbonyl (C=O) groups is 2. The number of rotatable bonds is 9. The third-order valence-corrected chi connectivity index (χ3v) is 9.03. The van der Waals surface area contributed by atoms with Crippen LogP contribution in [0.5, 0.6) is 0 Å². The normalized spacial score (nSPS) is 11.5. The van der Waals surface area contributed by atoms with E-state index in [0.29, 0.717) is 22.4 Å². The van der Waals surface area contributed by atoms with Crippen molar-refractivity contribution in [2.24, 2.45) is 0 Å². The molecule has 5 aromatic rings. The van der Waals surface area contributed by atoms with Crippen molar-refractivity contribution < 1.29 is 26.4 Å². The largest absolute Gasteiger partial charge is 0.327 e. The van der Waals surface area contributed by atoms with Crippen molar-refractivity contribution in [2.75, 3.05) is 20.2 Å². The van der Waals surface area contributed by atoms with Crippen molar-refractivity contribution >= 4 is 77.2 Å². The fourth-order valence-electron chi connectivity index (χ4n) is 3.72. The predicted molar refractivity (Wildman–Crippen MR) is 160 cm³/mol. The van der Waals surface area contributed by atoms with E-state index in [-0.39, 0.29) is 26.2 Å². The van der Waals surface area contributed by atoms with Gasteiger partial charge in [-0.3, -0.25) is 35.0 Å². The fourth-order valence-corrected chi connectivity index (χ4v) is 6.37. The lowest BCUT2D eigenvalue weighted by Gasteiger charge is -2.13. The molecule has 0 aliphatic carbocycles. The number of hydrazine groups is 1. The maximum absolute atomic E-state index is 13.1. The maximum Gasteiger partial charge on any atom is 0.327 e. The predicted octanol–water partition coefficient (Wildman–Crippen LogP) is 3.29. The first kappa shape index (κ1) is 29.3. The first-order valence-electron chi connectivity index (χ1n) is 12.2. The standard InChI is InChI=1S/C26H21ClN8O6S2/c27-21-12-10-19(34-42(38,39)20-4-2-1-3-5-20)15-24(21)43(40,41)33-17-8-6-16(7-9-17)29-32-26(37)25(36)28-18-11-13-22-23(14-18)31-35-30-22/h1-15,29,33-34H,(H,28,36)(H,32,37)(H,30,31,35). The number of H-pyrrole nitrogens is 1. The van der Waals surface area contributed by atoms with Crippen LogP contribution in [0.1, 0.15) is 0 Å². The van der Waals surface area contributed by atoms with Crippen molar-refractivity contribution in [2.45, 2.75) is 9.79 Å². The van der Waals surface area contributed by atoms with Gasteiger partial charge in [0.1, 0.15) is 10.4 Å². The monoisotopic (exact) mass is 640 g/mol. The van der Waals surface area contributed by atoms with Gasteiger partial charge in [0.15, 0.2) is 0 Å². The van der Waals surface area contributed by atoms with E-state index >= 15 is 0 Å². The van der Waals surface area contributed by atoms with Gasteiger partial charge in [0.05, 0.1) is 26.8 Å². The Hall–Kier alpha value is -5.19. The molecule has 0 saturated carbocycles. The zero-order chi connectivity index (χ0) is 30.6. The molecular formula is C26H21ClN8O6S2. The van der Waals surface area contributed by atoms with E-state index in [1.54, 1.807) is 36.4 Å². The molecule has 0 aliphatic heterocycles. The molecule has 1 heterocycles. The third-order valence-electron chi connectivity index (χ3n) is 5.77. The fraction of sp³-hybridized carbons (Fsp3) is 0. The molecule has 5 rings (SSSR count). The molecule has 0 unspecified atom stereocenters. The number of fused-ring (bicyclic) bond motifs is 1. The number of sulfonamides is 2. The Morgan fingerprint density at radius 3 is 2.09 bits per heavy atom. The van der Waals surface area contributed by atoms with Gasteiger partial charge >= 0.3 is 11.8 Å². The highest BCUT2D eigenvalue weighted by atomic mass is 35.5. The lowest BCUT2D eigenvalue weighted by Crippen LogP contribution is -2.38. The van der Waals surface area contributed by atoms with Crippen LogP contribution >= 0.6 is 11.6 Å². The molecule has 6 N–H and O–H groups in total. The summed E-state index contributed by atoms with van der Waals surface area (Å²) in [5.74, 6) is -1.92. The second-order valence-corrected chi connectivity index (χ2v) is 12.6. The van der Waals surface area contributed by atoms with E-state index in [9.17, 15) is 26.4 Å². The SMILES string of the molecule is O=C(NNc1ccc(NS(=O)(=O)c2cc(NS(=O)(=O)c3ccccc3)ccc2Cl)cc1)C(=O)Nc1ccc2nn[nH]c2c1. The Balaban J connectivity index is 1.20. The summed E-state index contributed by atoms with van der Waals surface area (Å²) in [6, 6.07) is 21.7. The number of anilines is 4. The van der Waals surface area contributed by atoms with Crippen LogP contribution in [-0.4, -0.2) is 44.1 Å². The summed E-state index contributed by atoms with van der Waals surface area (Å²) in [7, 11) is -8.21. The second-order valence-electron chi connectivity index (χ2n) is 8.82. The topological polar surface area (TPSA) is 204 Å². The number of nitrogens with zero attached hydrogens (tertiary/aromatic N) is 2. The number of aromatic nitrogens is 3. The number of hydrogen-bond acceptors (Lipinski definition) is 9. The van der Waals surface area contributed by atoms with Gasteiger partial charge < -0.3 is 5.32 Å². The Morgan fingerprint density at radius 1 is 0.698 bits per heavy atom. The zero-order valence-corrected chi connectivity index (χ0v) is 24.1. The number of amides is 2. The molecule has 2 amide bonds. The van der Waals surface area contributed by atoms with Gasteiger partial charge in [-0.15, -0.1) is 5.10 Å². The summed E-state index contributed by atoms with van der Waals surface area (Å²) in [5, 5.41) is 12.5. The summed E-state index contributed by atoms with van der Waals surface area (Å²) in [6.45, 7) is 0. The number of hydrogen-bond donors (Lipinski definition) is 6. The highest BCUT2D eigenvalue weighted by Crippen LogP contribution is 2.28. The average Bonchev–Trinajstić information content (AvgIpc) is 3.46. The first-order valence-corrected chi connectivity index (χ1v) is 15.5. The number of aromatic amines is 1. The summed E-state index contributed by atoms with van der Waals surface area (Å²) in [4.78, 5) is 24.1. The zero-order valence-electron chi connectivity index (χ0n) is 21.7. The second kappa shape index (κ2) is 12.0. The quantitative estimate of drug-likeness (QED) is 0.103. The minimum atomic E-state index is -4.25. The van der Waals surface area contributed by atoms with Gasteiger partial charge in [0, 0.05) is 11.4 Å². The molecule has 0 atom stereocenters. The van der Waals surface area contributed by atoms with Crippen molar-refractivity contribution in [1.29, 1.82) is 0 Å². The van der Waals surface area contributed by atoms with Crippen LogP contribution in [0, 0.1) is 0 Å². The number of halogens is 1. The maximum atomic E-state index is 13.1. The lowest BCUT2D eigenvalue weighted by molar-refractivity contribution is -0.135.